The predicted molar refractivity (Wildman–Crippen MR) is 29.9 cm³/mol. The minimum Gasteiger partial charge on any atom is -0.395 e. The highest BCUT2D eigenvalue weighted by Crippen LogP contribution is 1.86. The van der Waals surface area contributed by atoms with Crippen molar-refractivity contribution in [2.45, 2.75) is 18.7 Å². The van der Waals surface area contributed by atoms with Crippen LogP contribution in [0.4, 0.5) is 0 Å². The van der Waals surface area contributed by atoms with Gasteiger partial charge in [0.15, 0.2) is 0 Å². The van der Waals surface area contributed by atoms with E-state index in [1.807, 2.05) is 0 Å². The number of aliphatic hydroxyl groups excluding tert-OH is 2. The molecule has 4 heteroatoms. The van der Waals surface area contributed by atoms with Crippen LogP contribution in [0.15, 0.2) is 0 Å². The number of rotatable bonds is 3. The molecule has 0 amide bonds. The topological polar surface area (TPSA) is 92.5 Å². The van der Waals surface area contributed by atoms with Crippen LogP contribution in [0.3, 0.4) is 0 Å². The maximum atomic E-state index is 8.44. The van der Waals surface area contributed by atoms with Crippen molar-refractivity contribution >= 4 is 0 Å². The average molecular weight is 120 g/mol. The molecule has 0 heterocycles. The highest BCUT2D eigenvalue weighted by molar-refractivity contribution is 4.60. The normalized spacial score (nSPS) is 18.0. The quantitative estimate of drug-likeness (QED) is 0.323. The largest absolute Gasteiger partial charge is 0.395 e. The zero-order chi connectivity index (χ0) is 6.57. The fourth-order valence-electron chi connectivity index (χ4n) is 0.385. The van der Waals surface area contributed by atoms with Crippen molar-refractivity contribution in [1.29, 1.82) is 0 Å². The molecule has 0 aromatic rings. The van der Waals surface area contributed by atoms with Gasteiger partial charge in [0, 0.05) is 12.5 Å². The molecule has 0 saturated carbocycles. The van der Waals surface area contributed by atoms with E-state index in [1.54, 1.807) is 0 Å². The molecule has 0 rings (SSSR count). The molecule has 2 unspecified atom stereocenters. The molecular weight excluding hydrogens is 108 g/mol. The number of hydrogen-bond acceptors (Lipinski definition) is 4. The van der Waals surface area contributed by atoms with Gasteiger partial charge in [-0.2, -0.15) is 0 Å². The third-order valence-electron chi connectivity index (χ3n) is 0.779. The SMILES string of the molecule is NC(O)CC(N)CO. The summed E-state index contributed by atoms with van der Waals surface area (Å²) in [5.41, 5.74) is 10.1. The smallest absolute Gasteiger partial charge is 0.103 e. The highest BCUT2D eigenvalue weighted by Gasteiger charge is 2.03. The van der Waals surface area contributed by atoms with Crippen molar-refractivity contribution in [1.82, 2.24) is 0 Å². The fourth-order valence-corrected chi connectivity index (χ4v) is 0.385. The van der Waals surface area contributed by atoms with Gasteiger partial charge in [-0.25, -0.2) is 0 Å². The molecule has 6 N–H and O–H groups in total. The summed E-state index contributed by atoms with van der Waals surface area (Å²) in [5.74, 6) is 0. The highest BCUT2D eigenvalue weighted by atomic mass is 16.3. The van der Waals surface area contributed by atoms with Crippen LogP contribution in [-0.2, 0) is 0 Å². The van der Waals surface area contributed by atoms with Crippen LogP contribution >= 0.6 is 0 Å². The second-order valence-electron chi connectivity index (χ2n) is 1.75. The molecule has 0 spiro atoms. The van der Waals surface area contributed by atoms with Crippen LogP contribution < -0.4 is 11.5 Å². The van der Waals surface area contributed by atoms with Gasteiger partial charge in [0.25, 0.3) is 0 Å². The molecule has 0 saturated heterocycles. The average Bonchev–Trinajstić information content (AvgIpc) is 1.65. The Morgan fingerprint density at radius 2 is 1.88 bits per heavy atom. The van der Waals surface area contributed by atoms with Crippen LogP contribution in [0, 0.1) is 0 Å². The molecule has 0 fully saturated rings. The minimum absolute atomic E-state index is 0.131. The van der Waals surface area contributed by atoms with E-state index in [9.17, 15) is 0 Å². The molecule has 0 aliphatic carbocycles. The van der Waals surface area contributed by atoms with Gasteiger partial charge in [-0.15, -0.1) is 0 Å². The molecule has 2 atom stereocenters. The predicted octanol–water partition coefficient (Wildman–Crippen LogP) is -2.03. The third-order valence-corrected chi connectivity index (χ3v) is 0.779. The Hall–Kier alpha value is -0.160. The first kappa shape index (κ1) is 7.84. The van der Waals surface area contributed by atoms with E-state index >= 15 is 0 Å². The lowest BCUT2D eigenvalue weighted by atomic mass is 10.2. The minimum atomic E-state index is -0.905. The van der Waals surface area contributed by atoms with E-state index < -0.39 is 12.3 Å². The number of hydrogen-bond donors (Lipinski definition) is 4. The van der Waals surface area contributed by atoms with Gasteiger partial charge in [0.1, 0.15) is 6.23 Å². The Balaban J connectivity index is 3.10. The summed E-state index contributed by atoms with van der Waals surface area (Å²) in [6.45, 7) is -0.131. The monoisotopic (exact) mass is 120 g/mol. The molecule has 50 valence electrons. The first-order valence-corrected chi connectivity index (χ1v) is 2.47. The molecular formula is C4H12N2O2. The van der Waals surface area contributed by atoms with Gasteiger partial charge >= 0.3 is 0 Å². The lowest BCUT2D eigenvalue weighted by molar-refractivity contribution is 0.144. The van der Waals surface area contributed by atoms with Gasteiger partial charge in [-0.05, 0) is 0 Å². The van der Waals surface area contributed by atoms with Crippen LogP contribution in [0.2, 0.25) is 0 Å². The molecule has 0 aliphatic rings. The van der Waals surface area contributed by atoms with Crippen molar-refractivity contribution in [2.75, 3.05) is 6.61 Å². The Morgan fingerprint density at radius 3 is 2.00 bits per heavy atom. The van der Waals surface area contributed by atoms with Gasteiger partial charge < -0.3 is 21.7 Å². The van der Waals surface area contributed by atoms with Crippen LogP contribution in [0.25, 0.3) is 0 Å². The maximum Gasteiger partial charge on any atom is 0.103 e. The molecule has 0 aliphatic heterocycles. The Labute approximate surface area is 48.1 Å². The van der Waals surface area contributed by atoms with Crippen LogP contribution in [0.1, 0.15) is 6.42 Å². The van der Waals surface area contributed by atoms with E-state index in [4.69, 9.17) is 21.7 Å². The van der Waals surface area contributed by atoms with Gasteiger partial charge in [-0.1, -0.05) is 0 Å². The van der Waals surface area contributed by atoms with E-state index in [1.165, 1.54) is 0 Å². The van der Waals surface area contributed by atoms with Crippen molar-refractivity contribution in [2.24, 2.45) is 11.5 Å². The molecule has 0 aromatic carbocycles. The summed E-state index contributed by atoms with van der Waals surface area (Å²) >= 11 is 0. The Bertz CT molecular complexity index is 58.0. The van der Waals surface area contributed by atoms with Gasteiger partial charge in [0.2, 0.25) is 0 Å². The summed E-state index contributed by atoms with van der Waals surface area (Å²) in [7, 11) is 0. The van der Waals surface area contributed by atoms with Gasteiger partial charge in [-0.3, -0.25) is 0 Å². The first-order valence-electron chi connectivity index (χ1n) is 2.47. The van der Waals surface area contributed by atoms with Crippen molar-refractivity contribution in [3.63, 3.8) is 0 Å². The van der Waals surface area contributed by atoms with Crippen LogP contribution in [-0.4, -0.2) is 29.1 Å². The number of aliphatic hydroxyl groups is 2. The number of nitrogens with two attached hydrogens (primary N) is 2. The van der Waals surface area contributed by atoms with Crippen LogP contribution in [0.5, 0.6) is 0 Å². The van der Waals surface area contributed by atoms with Gasteiger partial charge in [0.05, 0.1) is 6.61 Å². The Morgan fingerprint density at radius 1 is 1.38 bits per heavy atom. The summed E-state index contributed by atoms with van der Waals surface area (Å²) in [4.78, 5) is 0. The lowest BCUT2D eigenvalue weighted by Gasteiger charge is -2.08. The molecule has 8 heavy (non-hydrogen) atoms. The molecule has 4 nitrogen and oxygen atoms in total. The summed E-state index contributed by atoms with van der Waals surface area (Å²) in [6.07, 6.45) is -0.659. The van der Waals surface area contributed by atoms with Crippen molar-refractivity contribution < 1.29 is 10.2 Å². The zero-order valence-electron chi connectivity index (χ0n) is 4.62. The van der Waals surface area contributed by atoms with E-state index in [0.29, 0.717) is 0 Å². The zero-order valence-corrected chi connectivity index (χ0v) is 4.62. The van der Waals surface area contributed by atoms with E-state index in [-0.39, 0.29) is 13.0 Å². The molecule has 0 aromatic heterocycles. The Kier molecular flexibility index (Phi) is 3.72. The fraction of sp³-hybridized carbons (Fsp3) is 1.00. The lowest BCUT2D eigenvalue weighted by Crippen LogP contribution is -2.33. The van der Waals surface area contributed by atoms with E-state index in [2.05, 4.69) is 0 Å². The molecule has 0 radical (unpaired) electrons. The summed E-state index contributed by atoms with van der Waals surface area (Å²) < 4.78 is 0. The third kappa shape index (κ3) is 4.01. The second kappa shape index (κ2) is 3.80. The summed E-state index contributed by atoms with van der Waals surface area (Å²) in [6, 6.07) is -0.394. The standard InChI is InChI=1S/C4H12N2O2/c5-3(2-7)1-4(6)8/h3-4,7-8H,1-2,5-6H2. The van der Waals surface area contributed by atoms with E-state index in [0.717, 1.165) is 0 Å². The van der Waals surface area contributed by atoms with Crippen molar-refractivity contribution in [3.8, 4) is 0 Å². The molecule has 0 bridgehead atoms. The van der Waals surface area contributed by atoms with Crippen molar-refractivity contribution in [3.05, 3.63) is 0 Å². The second-order valence-corrected chi connectivity index (χ2v) is 1.75. The summed E-state index contributed by atoms with van der Waals surface area (Å²) in [5, 5.41) is 16.7. The first-order chi connectivity index (χ1) is 3.66. The maximum absolute atomic E-state index is 8.44.